The van der Waals surface area contributed by atoms with Gasteiger partial charge in [-0.25, -0.2) is 0 Å². The quantitative estimate of drug-likeness (QED) is 0.836. The van der Waals surface area contributed by atoms with Crippen molar-refractivity contribution in [2.75, 3.05) is 5.32 Å². The van der Waals surface area contributed by atoms with Crippen molar-refractivity contribution in [1.82, 2.24) is 0 Å². The Morgan fingerprint density at radius 1 is 1.04 bits per heavy atom. The Labute approximate surface area is 157 Å². The highest BCUT2D eigenvalue weighted by Gasteiger charge is 2.63. The van der Waals surface area contributed by atoms with Crippen LogP contribution in [0.1, 0.15) is 18.4 Å². The summed E-state index contributed by atoms with van der Waals surface area (Å²) in [4.78, 5) is 24.9. The maximum atomic E-state index is 12.8. The summed E-state index contributed by atoms with van der Waals surface area (Å²) in [5.74, 6) is 1.21. The summed E-state index contributed by atoms with van der Waals surface area (Å²) in [6.45, 7) is 2.03. The smallest absolute Gasteiger partial charge is 0.310 e. The number of fused-ring (bicyclic) bond motifs is 1. The molecule has 3 aliphatic rings. The molecular weight excluding hydrogens is 342 g/mol. The van der Waals surface area contributed by atoms with Crippen molar-refractivity contribution in [3.05, 3.63) is 54.1 Å². The van der Waals surface area contributed by atoms with Crippen molar-refractivity contribution in [1.29, 1.82) is 0 Å². The van der Waals surface area contributed by atoms with Crippen molar-refractivity contribution in [3.8, 4) is 11.5 Å². The first-order valence-corrected chi connectivity index (χ1v) is 9.44. The highest BCUT2D eigenvalue weighted by Crippen LogP contribution is 2.57. The Hall–Kier alpha value is -2.82. The van der Waals surface area contributed by atoms with Crippen LogP contribution in [0.3, 0.4) is 0 Å². The summed E-state index contributed by atoms with van der Waals surface area (Å²) in [5, 5.41) is 2.97. The lowest BCUT2D eigenvalue weighted by molar-refractivity contribution is -0.145. The molecule has 1 amide bonds. The van der Waals surface area contributed by atoms with E-state index in [2.05, 4.69) is 5.32 Å². The number of hydrogen-bond donors (Lipinski definition) is 1. The molecule has 3 fully saturated rings. The Kier molecular flexibility index (Phi) is 3.71. The van der Waals surface area contributed by atoms with Crippen molar-refractivity contribution in [3.63, 3.8) is 0 Å². The topological polar surface area (TPSA) is 64.6 Å². The molecule has 27 heavy (non-hydrogen) atoms. The molecular formula is C22H21NO4. The molecule has 0 unspecified atom stereocenters. The zero-order valence-corrected chi connectivity index (χ0v) is 15.1. The van der Waals surface area contributed by atoms with Gasteiger partial charge in [0.1, 0.15) is 17.6 Å². The van der Waals surface area contributed by atoms with Gasteiger partial charge in [-0.2, -0.15) is 0 Å². The summed E-state index contributed by atoms with van der Waals surface area (Å²) in [6.07, 6.45) is 1.81. The molecule has 138 valence electrons. The minimum Gasteiger partial charge on any atom is -0.462 e. The van der Waals surface area contributed by atoms with Crippen molar-refractivity contribution >= 4 is 17.6 Å². The fourth-order valence-electron chi connectivity index (χ4n) is 4.94. The predicted octanol–water partition coefficient (Wildman–Crippen LogP) is 3.92. The highest BCUT2D eigenvalue weighted by molar-refractivity contribution is 5.97. The second kappa shape index (κ2) is 6.12. The minimum atomic E-state index is -0.260. The molecule has 5 atom stereocenters. The molecule has 2 aromatic carbocycles. The molecule has 0 radical (unpaired) electrons. The number of hydrogen-bond acceptors (Lipinski definition) is 4. The van der Waals surface area contributed by atoms with Crippen LogP contribution in [0.15, 0.2) is 48.5 Å². The predicted molar refractivity (Wildman–Crippen MR) is 99.4 cm³/mol. The second-order valence-corrected chi connectivity index (χ2v) is 7.85. The fraction of sp³-hybridized carbons (Fsp3) is 0.364. The normalized spacial score (nSPS) is 30.3. The third-order valence-electron chi connectivity index (χ3n) is 6.16. The van der Waals surface area contributed by atoms with Crippen molar-refractivity contribution in [2.24, 2.45) is 23.7 Å². The number of benzene rings is 2. The molecule has 2 bridgehead atoms. The van der Waals surface area contributed by atoms with E-state index in [0.29, 0.717) is 11.4 Å². The van der Waals surface area contributed by atoms with E-state index >= 15 is 0 Å². The Bertz CT molecular complexity index is 888. The van der Waals surface area contributed by atoms with Crippen molar-refractivity contribution in [2.45, 2.75) is 25.9 Å². The van der Waals surface area contributed by atoms with E-state index in [1.54, 1.807) is 0 Å². The molecule has 2 aromatic rings. The average molecular weight is 363 g/mol. The molecule has 1 heterocycles. The van der Waals surface area contributed by atoms with Gasteiger partial charge in [-0.1, -0.05) is 17.7 Å². The first kappa shape index (κ1) is 16.4. The molecule has 2 aliphatic carbocycles. The van der Waals surface area contributed by atoms with E-state index in [9.17, 15) is 9.59 Å². The van der Waals surface area contributed by atoms with Crippen LogP contribution >= 0.6 is 0 Å². The van der Waals surface area contributed by atoms with Gasteiger partial charge in [0.15, 0.2) is 0 Å². The van der Waals surface area contributed by atoms with E-state index in [1.165, 1.54) is 5.56 Å². The lowest BCUT2D eigenvalue weighted by Crippen LogP contribution is -2.35. The molecule has 1 N–H and O–H groups in total. The number of carbonyl (C=O) groups is 2. The van der Waals surface area contributed by atoms with Crippen LogP contribution in [0.5, 0.6) is 11.5 Å². The Balaban J connectivity index is 1.25. The number of esters is 1. The zero-order chi connectivity index (χ0) is 18.5. The number of amides is 1. The van der Waals surface area contributed by atoms with Gasteiger partial charge in [0.25, 0.3) is 0 Å². The molecule has 0 spiro atoms. The molecule has 5 heteroatoms. The van der Waals surface area contributed by atoms with Crippen molar-refractivity contribution < 1.29 is 19.1 Å². The lowest BCUT2D eigenvalue weighted by atomic mass is 9.79. The lowest BCUT2D eigenvalue weighted by Gasteiger charge is -2.23. The molecule has 0 aromatic heterocycles. The molecule has 5 rings (SSSR count). The number of nitrogens with one attached hydrogen (secondary N) is 1. The van der Waals surface area contributed by atoms with Crippen LogP contribution < -0.4 is 10.1 Å². The van der Waals surface area contributed by atoms with Crippen LogP contribution in [-0.4, -0.2) is 18.0 Å². The van der Waals surface area contributed by atoms with E-state index in [-0.39, 0.29) is 41.7 Å². The fourth-order valence-corrected chi connectivity index (χ4v) is 4.94. The van der Waals surface area contributed by atoms with Gasteiger partial charge in [-0.05, 0) is 62.1 Å². The van der Waals surface area contributed by atoms with Crippen LogP contribution in [-0.2, 0) is 14.3 Å². The SMILES string of the molecule is Cc1ccc(Oc2ccc(NC(=O)[C@H]3[C@H]4C[C@H]5[C@@H]3C(=O)O[C@H]5C4)cc2)cc1. The van der Waals surface area contributed by atoms with Crippen LogP contribution in [0.25, 0.3) is 0 Å². The van der Waals surface area contributed by atoms with Gasteiger partial charge in [-0.3, -0.25) is 9.59 Å². The second-order valence-electron chi connectivity index (χ2n) is 7.85. The maximum Gasteiger partial charge on any atom is 0.310 e. The first-order valence-electron chi connectivity index (χ1n) is 9.44. The number of carbonyl (C=O) groups excluding carboxylic acids is 2. The number of aryl methyl sites for hydroxylation is 1. The standard InChI is InChI=1S/C22H21NO4/c1-12-2-6-15(7-3-12)26-16-8-4-14(5-9-16)23-21(24)19-13-10-17-18(11-13)27-22(25)20(17)19/h2-9,13,17-20H,10-11H2,1H3,(H,23,24)/t13-,17+,18-,19-,20-/m0/s1. The Morgan fingerprint density at radius 3 is 2.41 bits per heavy atom. The average Bonchev–Trinajstić information content (AvgIpc) is 3.27. The third kappa shape index (κ3) is 2.78. The van der Waals surface area contributed by atoms with Gasteiger partial charge in [0, 0.05) is 11.6 Å². The summed E-state index contributed by atoms with van der Waals surface area (Å²) < 4.78 is 11.2. The molecule has 1 aliphatic heterocycles. The number of ether oxygens (including phenoxy) is 2. The van der Waals surface area contributed by atoms with E-state index in [0.717, 1.165) is 18.6 Å². The summed E-state index contributed by atoms with van der Waals surface area (Å²) in [7, 11) is 0. The maximum absolute atomic E-state index is 12.8. The van der Waals surface area contributed by atoms with Crippen LogP contribution in [0, 0.1) is 30.6 Å². The minimum absolute atomic E-state index is 0.0507. The van der Waals surface area contributed by atoms with Gasteiger partial charge < -0.3 is 14.8 Å². The zero-order valence-electron chi connectivity index (χ0n) is 15.1. The van der Waals surface area contributed by atoms with Gasteiger partial charge >= 0.3 is 5.97 Å². The summed E-state index contributed by atoms with van der Waals surface area (Å²) in [6, 6.07) is 15.2. The number of anilines is 1. The van der Waals surface area contributed by atoms with Crippen LogP contribution in [0.2, 0.25) is 0 Å². The monoisotopic (exact) mass is 363 g/mol. The summed E-state index contributed by atoms with van der Waals surface area (Å²) in [5.41, 5.74) is 1.89. The molecule has 5 nitrogen and oxygen atoms in total. The summed E-state index contributed by atoms with van der Waals surface area (Å²) >= 11 is 0. The van der Waals surface area contributed by atoms with Crippen LogP contribution in [0.4, 0.5) is 5.69 Å². The largest absolute Gasteiger partial charge is 0.462 e. The van der Waals surface area contributed by atoms with Gasteiger partial charge in [-0.15, -0.1) is 0 Å². The van der Waals surface area contributed by atoms with E-state index < -0.39 is 0 Å². The third-order valence-corrected chi connectivity index (χ3v) is 6.16. The number of rotatable bonds is 4. The molecule has 2 saturated carbocycles. The highest BCUT2D eigenvalue weighted by atomic mass is 16.6. The van der Waals surface area contributed by atoms with E-state index in [4.69, 9.17) is 9.47 Å². The van der Waals surface area contributed by atoms with Gasteiger partial charge in [0.05, 0.1) is 11.8 Å². The first-order chi connectivity index (χ1) is 13.1. The Morgan fingerprint density at radius 2 is 1.70 bits per heavy atom. The molecule has 1 saturated heterocycles. The van der Waals surface area contributed by atoms with Gasteiger partial charge in [0.2, 0.25) is 5.91 Å². The van der Waals surface area contributed by atoms with E-state index in [1.807, 2.05) is 55.5 Å².